The molecule has 7 nitrogen and oxygen atoms in total. The molecule has 0 saturated carbocycles. The maximum atomic E-state index is 12.8. The minimum absolute atomic E-state index is 0.0157. The van der Waals surface area contributed by atoms with E-state index in [1.807, 2.05) is 20.8 Å². The number of rotatable bonds is 12. The fourth-order valence-corrected chi connectivity index (χ4v) is 3.27. The lowest BCUT2D eigenvalue weighted by Crippen LogP contribution is -2.38. The summed E-state index contributed by atoms with van der Waals surface area (Å²) >= 11 is 0. The van der Waals surface area contributed by atoms with Gasteiger partial charge in [0.25, 0.3) is 0 Å². The van der Waals surface area contributed by atoms with Crippen LogP contribution in [-0.4, -0.2) is 54.5 Å². The van der Waals surface area contributed by atoms with Crippen molar-refractivity contribution in [2.75, 3.05) is 26.3 Å². The van der Waals surface area contributed by atoms with Gasteiger partial charge in [-0.25, -0.2) is 9.59 Å². The summed E-state index contributed by atoms with van der Waals surface area (Å²) in [6, 6.07) is 10.9. The number of nitrogens with zero attached hydrogens (tertiary/aromatic N) is 1. The molecule has 0 saturated heterocycles. The second-order valence-electron chi connectivity index (χ2n) is 9.67. The van der Waals surface area contributed by atoms with Crippen LogP contribution < -0.4 is 9.47 Å². The number of hydrogen-bond donors (Lipinski definition) is 1. The molecule has 2 aromatic carbocycles. The molecule has 0 aliphatic carbocycles. The lowest BCUT2D eigenvalue weighted by molar-refractivity contribution is -0.150. The van der Waals surface area contributed by atoms with Gasteiger partial charge in [-0.1, -0.05) is 32.9 Å². The van der Waals surface area contributed by atoms with E-state index in [-0.39, 0.29) is 30.7 Å². The largest absolute Gasteiger partial charge is 0.492 e. The summed E-state index contributed by atoms with van der Waals surface area (Å²) in [7, 11) is 0. The molecule has 10 heteroatoms. The molecular weight excluding hydrogens is 491 g/mol. The highest BCUT2D eigenvalue weighted by molar-refractivity contribution is 5.72. The number of carboxylic acid groups (broad SMARTS) is 1. The second kappa shape index (κ2) is 13.3. The Morgan fingerprint density at radius 3 is 2.05 bits per heavy atom. The molecule has 0 radical (unpaired) electrons. The fraction of sp³-hybridized carbons (Fsp3) is 0.481. The van der Waals surface area contributed by atoms with E-state index in [4.69, 9.17) is 14.2 Å². The Labute approximate surface area is 215 Å². The predicted molar refractivity (Wildman–Crippen MR) is 132 cm³/mol. The number of carboxylic acids is 1. The van der Waals surface area contributed by atoms with Crippen LogP contribution in [0.25, 0.3) is 0 Å². The Morgan fingerprint density at radius 1 is 0.946 bits per heavy atom. The zero-order valence-electron chi connectivity index (χ0n) is 21.5. The minimum Gasteiger partial charge on any atom is -0.492 e. The van der Waals surface area contributed by atoms with Gasteiger partial charge in [-0.15, -0.1) is 0 Å². The Kier molecular flexibility index (Phi) is 10.8. The van der Waals surface area contributed by atoms with Crippen LogP contribution in [0, 0.1) is 5.41 Å². The zero-order valence-corrected chi connectivity index (χ0v) is 21.5. The third-order valence-electron chi connectivity index (χ3n) is 5.39. The van der Waals surface area contributed by atoms with Crippen molar-refractivity contribution in [3.8, 4) is 11.5 Å². The highest BCUT2D eigenvalue weighted by Gasteiger charge is 2.30. The van der Waals surface area contributed by atoms with Crippen molar-refractivity contribution in [1.29, 1.82) is 0 Å². The molecule has 1 N–H and O–H groups in total. The molecule has 0 aromatic heterocycles. The quantitative estimate of drug-likeness (QED) is 0.363. The number of carbonyl (C=O) groups excluding carboxylic acids is 1. The number of carbonyl (C=O) groups is 2. The minimum atomic E-state index is -4.47. The lowest BCUT2D eigenvalue weighted by Gasteiger charge is -2.26. The highest BCUT2D eigenvalue weighted by Crippen LogP contribution is 2.30. The molecule has 0 spiro atoms. The molecule has 1 unspecified atom stereocenters. The molecule has 1 amide bonds. The van der Waals surface area contributed by atoms with E-state index in [9.17, 15) is 27.9 Å². The normalized spacial score (nSPS) is 12.6. The molecule has 0 bridgehead atoms. The predicted octanol–water partition coefficient (Wildman–Crippen LogP) is 6.05. The van der Waals surface area contributed by atoms with E-state index in [0.29, 0.717) is 25.3 Å². The van der Waals surface area contributed by atoms with Gasteiger partial charge in [0.1, 0.15) is 18.1 Å². The van der Waals surface area contributed by atoms with E-state index >= 15 is 0 Å². The van der Waals surface area contributed by atoms with Gasteiger partial charge >= 0.3 is 18.2 Å². The number of aliphatic carboxylic acids is 1. The Morgan fingerprint density at radius 2 is 1.54 bits per heavy atom. The van der Waals surface area contributed by atoms with Crippen molar-refractivity contribution in [3.05, 3.63) is 59.7 Å². The van der Waals surface area contributed by atoms with Crippen molar-refractivity contribution < 1.29 is 42.1 Å². The van der Waals surface area contributed by atoms with Crippen molar-refractivity contribution >= 4 is 12.1 Å². The molecule has 37 heavy (non-hydrogen) atoms. The van der Waals surface area contributed by atoms with Crippen LogP contribution >= 0.6 is 0 Å². The van der Waals surface area contributed by atoms with Crippen LogP contribution in [0.3, 0.4) is 0 Å². The number of amides is 1. The molecule has 2 aromatic rings. The van der Waals surface area contributed by atoms with Crippen molar-refractivity contribution in [2.45, 2.75) is 52.8 Å². The molecule has 0 aliphatic heterocycles. The summed E-state index contributed by atoms with van der Waals surface area (Å²) < 4.78 is 54.6. The van der Waals surface area contributed by atoms with Crippen LogP contribution in [0.1, 0.15) is 45.2 Å². The first-order valence-electron chi connectivity index (χ1n) is 12.0. The third kappa shape index (κ3) is 10.7. The van der Waals surface area contributed by atoms with Gasteiger partial charge in [0.05, 0.1) is 12.1 Å². The molecule has 0 heterocycles. The van der Waals surface area contributed by atoms with Crippen LogP contribution in [0.5, 0.6) is 11.5 Å². The summed E-state index contributed by atoms with van der Waals surface area (Å²) in [6.45, 7) is 8.85. The van der Waals surface area contributed by atoms with Crippen LogP contribution in [0.2, 0.25) is 0 Å². The highest BCUT2D eigenvalue weighted by atomic mass is 19.4. The number of benzene rings is 2. The van der Waals surface area contributed by atoms with Gasteiger partial charge in [-0.3, -0.25) is 0 Å². The van der Waals surface area contributed by atoms with Crippen molar-refractivity contribution in [3.63, 3.8) is 0 Å². The molecule has 204 valence electrons. The number of halogens is 3. The van der Waals surface area contributed by atoms with Crippen LogP contribution in [0.15, 0.2) is 48.5 Å². The van der Waals surface area contributed by atoms with Crippen LogP contribution in [0.4, 0.5) is 18.0 Å². The fourth-order valence-electron chi connectivity index (χ4n) is 3.27. The van der Waals surface area contributed by atoms with Gasteiger partial charge < -0.3 is 24.2 Å². The molecular formula is C27H34F3NO6. The summed E-state index contributed by atoms with van der Waals surface area (Å²) in [4.78, 5) is 25.5. The van der Waals surface area contributed by atoms with Gasteiger partial charge in [0.15, 0.2) is 6.10 Å². The van der Waals surface area contributed by atoms with Gasteiger partial charge in [0.2, 0.25) is 0 Å². The average molecular weight is 526 g/mol. The average Bonchev–Trinajstić information content (AvgIpc) is 2.81. The standard InChI is InChI=1S/C27H34F3NO6/c1-5-35-23(24(32)33)18-19-6-10-21(11-7-19)36-17-16-31(15-14-26(2,3)4)25(34)37-22-12-8-20(9-13-22)27(28,29)30/h6-13,23H,5,14-18H2,1-4H3,(H,32,33). The van der Waals surface area contributed by atoms with E-state index in [1.54, 1.807) is 31.2 Å². The van der Waals surface area contributed by atoms with E-state index in [1.165, 1.54) is 4.90 Å². The summed E-state index contributed by atoms with van der Waals surface area (Å²) in [5.41, 5.74) is -0.105. The first-order chi connectivity index (χ1) is 17.3. The lowest BCUT2D eigenvalue weighted by atomic mass is 9.92. The summed E-state index contributed by atoms with van der Waals surface area (Å²) in [6.07, 6.45) is -5.19. The van der Waals surface area contributed by atoms with Gasteiger partial charge in [-0.2, -0.15) is 13.2 Å². The van der Waals surface area contributed by atoms with E-state index in [0.717, 1.165) is 29.8 Å². The number of ether oxygens (including phenoxy) is 3. The topological polar surface area (TPSA) is 85.3 Å². The zero-order chi connectivity index (χ0) is 27.6. The van der Waals surface area contributed by atoms with Crippen LogP contribution in [-0.2, 0) is 22.1 Å². The van der Waals surface area contributed by atoms with Crippen molar-refractivity contribution in [1.82, 2.24) is 4.90 Å². The first-order valence-corrected chi connectivity index (χ1v) is 12.0. The van der Waals surface area contributed by atoms with Crippen molar-refractivity contribution in [2.24, 2.45) is 5.41 Å². The first kappa shape index (κ1) is 30.0. The third-order valence-corrected chi connectivity index (χ3v) is 5.39. The monoisotopic (exact) mass is 525 g/mol. The number of hydrogen-bond acceptors (Lipinski definition) is 5. The van der Waals surface area contributed by atoms with Gasteiger partial charge in [-0.05, 0) is 60.7 Å². The Balaban J connectivity index is 1.97. The maximum Gasteiger partial charge on any atom is 0.416 e. The van der Waals surface area contributed by atoms with E-state index < -0.39 is 29.9 Å². The molecule has 0 aliphatic rings. The molecule has 0 fully saturated rings. The second-order valence-corrected chi connectivity index (χ2v) is 9.67. The Bertz CT molecular complexity index is 1000. The summed E-state index contributed by atoms with van der Waals surface area (Å²) in [5.74, 6) is -0.471. The molecule has 1 atom stereocenters. The van der Waals surface area contributed by atoms with E-state index in [2.05, 4.69) is 0 Å². The summed E-state index contributed by atoms with van der Waals surface area (Å²) in [5, 5.41) is 9.23. The van der Waals surface area contributed by atoms with Gasteiger partial charge in [0, 0.05) is 19.6 Å². The maximum absolute atomic E-state index is 12.8. The SMILES string of the molecule is CCOC(Cc1ccc(OCCN(CCC(C)(C)C)C(=O)Oc2ccc(C(F)(F)F)cc2)cc1)C(=O)O. The molecule has 2 rings (SSSR count). The number of alkyl halides is 3. The Hall–Kier alpha value is -3.27. The smallest absolute Gasteiger partial charge is 0.416 e.